The van der Waals surface area contributed by atoms with Gasteiger partial charge in [0, 0.05) is 24.8 Å². The molecule has 6 nitrogen and oxygen atoms in total. The Morgan fingerprint density at radius 1 is 1.33 bits per heavy atom. The van der Waals surface area contributed by atoms with Crippen molar-refractivity contribution in [3.63, 3.8) is 0 Å². The Morgan fingerprint density at radius 2 is 2.19 bits per heavy atom. The fraction of sp³-hybridized carbons (Fsp3) is 0.714. The van der Waals surface area contributed by atoms with Crippen LogP contribution in [-0.4, -0.2) is 61.7 Å². The number of likely N-dealkylation sites (tertiary alicyclic amines) is 1. The first kappa shape index (κ1) is 20.1. The summed E-state index contributed by atoms with van der Waals surface area (Å²) in [4.78, 5) is 18.4. The molecule has 0 spiro atoms. The fourth-order valence-electron chi connectivity index (χ4n) is 3.96. The Balaban J connectivity index is 1.25. The van der Waals surface area contributed by atoms with E-state index in [9.17, 15) is 4.79 Å². The van der Waals surface area contributed by atoms with E-state index in [0.717, 1.165) is 51.4 Å². The number of esters is 1. The van der Waals surface area contributed by atoms with Crippen LogP contribution in [0.2, 0.25) is 0 Å². The van der Waals surface area contributed by atoms with E-state index in [-0.39, 0.29) is 5.97 Å². The summed E-state index contributed by atoms with van der Waals surface area (Å²) in [6, 6.07) is 5.06. The molecule has 3 heterocycles. The number of carbonyl (C=O) groups excluding carboxylic acids is 1. The molecule has 27 heavy (non-hydrogen) atoms. The second kappa shape index (κ2) is 10.6. The molecule has 2 aliphatic rings. The Morgan fingerprint density at radius 3 is 3.00 bits per heavy atom. The second-order valence-corrected chi connectivity index (χ2v) is 7.69. The number of aromatic nitrogens is 1. The van der Waals surface area contributed by atoms with Gasteiger partial charge in [0.25, 0.3) is 0 Å². The number of piperidine rings is 1. The minimum atomic E-state index is -0.112. The van der Waals surface area contributed by atoms with Gasteiger partial charge in [-0.15, -0.1) is 0 Å². The van der Waals surface area contributed by atoms with Crippen LogP contribution in [0.15, 0.2) is 12.1 Å². The van der Waals surface area contributed by atoms with Crippen molar-refractivity contribution in [3.05, 3.63) is 23.4 Å². The predicted molar refractivity (Wildman–Crippen MR) is 108 cm³/mol. The van der Waals surface area contributed by atoms with E-state index in [1.807, 2.05) is 0 Å². The maximum atomic E-state index is 11.2. The number of ether oxygens (including phenoxy) is 1. The number of nitrogens with one attached hydrogen (secondary N) is 2. The molecule has 0 atom stereocenters. The van der Waals surface area contributed by atoms with E-state index in [4.69, 9.17) is 9.72 Å². The maximum Gasteiger partial charge on any atom is 0.306 e. The molecule has 1 aromatic rings. The molecule has 1 saturated heterocycles. The van der Waals surface area contributed by atoms with Crippen molar-refractivity contribution in [1.82, 2.24) is 15.2 Å². The Hall–Kier alpha value is -1.66. The lowest BCUT2D eigenvalue weighted by Gasteiger charge is -2.32. The molecular formula is C21H34N4O2. The Labute approximate surface area is 163 Å². The van der Waals surface area contributed by atoms with Crippen LogP contribution in [0.25, 0.3) is 0 Å². The summed E-state index contributed by atoms with van der Waals surface area (Å²) in [6.07, 6.45) is 8.62. The molecular weight excluding hydrogens is 340 g/mol. The zero-order valence-corrected chi connectivity index (χ0v) is 16.6. The third-order valence-electron chi connectivity index (χ3n) is 5.69. The standard InChI is InChI=1S/C21H34N4O2/c1-27-20(26)11-16-25-14-9-18(10-15-25)22-12-3-2-6-19-8-7-17-5-4-13-23-21(17)24-19/h7-8,18,22H,2-6,9-16H2,1H3,(H,23,24). The highest BCUT2D eigenvalue weighted by Crippen LogP contribution is 2.20. The van der Waals surface area contributed by atoms with Crippen LogP contribution < -0.4 is 10.6 Å². The molecule has 1 fully saturated rings. The zero-order chi connectivity index (χ0) is 18.9. The van der Waals surface area contributed by atoms with Crippen LogP contribution in [0.4, 0.5) is 5.82 Å². The molecule has 1 aromatic heterocycles. The summed E-state index contributed by atoms with van der Waals surface area (Å²) in [5, 5.41) is 7.12. The van der Waals surface area contributed by atoms with Gasteiger partial charge in [-0.2, -0.15) is 0 Å². The molecule has 150 valence electrons. The van der Waals surface area contributed by atoms with Gasteiger partial charge in [0.2, 0.25) is 0 Å². The zero-order valence-electron chi connectivity index (χ0n) is 16.6. The molecule has 2 aliphatic heterocycles. The van der Waals surface area contributed by atoms with Gasteiger partial charge in [-0.05, 0) is 76.2 Å². The number of carbonyl (C=O) groups is 1. The summed E-state index contributed by atoms with van der Waals surface area (Å²) in [5.41, 5.74) is 2.58. The van der Waals surface area contributed by atoms with Crippen molar-refractivity contribution in [2.75, 3.05) is 45.2 Å². The monoisotopic (exact) mass is 374 g/mol. The highest BCUT2D eigenvalue weighted by Gasteiger charge is 2.19. The van der Waals surface area contributed by atoms with Crippen LogP contribution in [-0.2, 0) is 22.4 Å². The largest absolute Gasteiger partial charge is 0.469 e. The minimum absolute atomic E-state index is 0.112. The lowest BCUT2D eigenvalue weighted by Crippen LogP contribution is -2.43. The summed E-state index contributed by atoms with van der Waals surface area (Å²) in [6.45, 7) is 5.09. The van der Waals surface area contributed by atoms with E-state index in [1.54, 1.807) is 0 Å². The van der Waals surface area contributed by atoms with Crippen LogP contribution in [0.1, 0.15) is 49.8 Å². The maximum absolute atomic E-state index is 11.2. The summed E-state index contributed by atoms with van der Waals surface area (Å²) in [7, 11) is 1.46. The quantitative estimate of drug-likeness (QED) is 0.511. The summed E-state index contributed by atoms with van der Waals surface area (Å²) in [5.74, 6) is 0.996. The van der Waals surface area contributed by atoms with E-state index in [2.05, 4.69) is 27.7 Å². The van der Waals surface area contributed by atoms with Crippen LogP contribution >= 0.6 is 0 Å². The highest BCUT2D eigenvalue weighted by molar-refractivity contribution is 5.69. The van der Waals surface area contributed by atoms with Gasteiger partial charge in [0.1, 0.15) is 5.82 Å². The minimum Gasteiger partial charge on any atom is -0.469 e. The molecule has 0 amide bonds. The smallest absolute Gasteiger partial charge is 0.306 e. The molecule has 0 radical (unpaired) electrons. The highest BCUT2D eigenvalue weighted by atomic mass is 16.5. The first-order valence-electron chi connectivity index (χ1n) is 10.5. The van der Waals surface area contributed by atoms with Crippen molar-refractivity contribution in [1.29, 1.82) is 0 Å². The predicted octanol–water partition coefficient (Wildman–Crippen LogP) is 2.38. The van der Waals surface area contributed by atoms with Crippen LogP contribution in [0.5, 0.6) is 0 Å². The van der Waals surface area contributed by atoms with Gasteiger partial charge in [0.15, 0.2) is 0 Å². The molecule has 0 aliphatic carbocycles. The molecule has 0 aromatic carbocycles. The third kappa shape index (κ3) is 6.47. The topological polar surface area (TPSA) is 66.5 Å². The normalized spacial score (nSPS) is 18.0. The van der Waals surface area contributed by atoms with Crippen molar-refractivity contribution in [3.8, 4) is 0 Å². The van der Waals surface area contributed by atoms with Crippen molar-refractivity contribution in [2.24, 2.45) is 0 Å². The number of fused-ring (bicyclic) bond motifs is 1. The van der Waals surface area contributed by atoms with Gasteiger partial charge in [0.05, 0.1) is 13.5 Å². The van der Waals surface area contributed by atoms with Gasteiger partial charge in [-0.25, -0.2) is 4.98 Å². The lowest BCUT2D eigenvalue weighted by atomic mass is 10.0. The number of unbranched alkanes of at least 4 members (excludes halogenated alkanes) is 1. The third-order valence-corrected chi connectivity index (χ3v) is 5.69. The molecule has 2 N–H and O–H groups in total. The van der Waals surface area contributed by atoms with Crippen molar-refractivity contribution >= 4 is 11.8 Å². The number of anilines is 1. The van der Waals surface area contributed by atoms with Gasteiger partial charge in [-0.3, -0.25) is 4.79 Å². The average molecular weight is 375 g/mol. The molecule has 0 unspecified atom stereocenters. The number of aryl methyl sites for hydroxylation is 2. The number of pyridine rings is 1. The van der Waals surface area contributed by atoms with E-state index in [0.29, 0.717) is 12.5 Å². The van der Waals surface area contributed by atoms with Gasteiger partial charge in [-0.1, -0.05) is 6.07 Å². The number of nitrogens with zero attached hydrogens (tertiary/aromatic N) is 2. The summed E-state index contributed by atoms with van der Waals surface area (Å²) >= 11 is 0. The van der Waals surface area contributed by atoms with E-state index < -0.39 is 0 Å². The van der Waals surface area contributed by atoms with Crippen LogP contribution in [0, 0.1) is 0 Å². The molecule has 6 heteroatoms. The van der Waals surface area contributed by atoms with Crippen molar-refractivity contribution in [2.45, 2.75) is 57.4 Å². The van der Waals surface area contributed by atoms with E-state index in [1.165, 1.54) is 50.5 Å². The van der Waals surface area contributed by atoms with Crippen molar-refractivity contribution < 1.29 is 9.53 Å². The molecule has 0 saturated carbocycles. The van der Waals surface area contributed by atoms with E-state index >= 15 is 0 Å². The first-order valence-corrected chi connectivity index (χ1v) is 10.5. The average Bonchev–Trinajstić information content (AvgIpc) is 2.72. The molecule has 3 rings (SSSR count). The number of hydrogen-bond acceptors (Lipinski definition) is 6. The Bertz CT molecular complexity index is 600. The van der Waals surface area contributed by atoms with Gasteiger partial charge < -0.3 is 20.3 Å². The fourth-order valence-corrected chi connectivity index (χ4v) is 3.96. The second-order valence-electron chi connectivity index (χ2n) is 7.69. The van der Waals surface area contributed by atoms with Crippen LogP contribution in [0.3, 0.4) is 0 Å². The SMILES string of the molecule is COC(=O)CCN1CCC(NCCCCc2ccc3c(n2)NCCC3)CC1. The first-order chi connectivity index (χ1) is 13.2. The number of rotatable bonds is 9. The molecule has 0 bridgehead atoms. The number of methoxy groups -OCH3 is 1. The number of hydrogen-bond donors (Lipinski definition) is 2. The summed E-state index contributed by atoms with van der Waals surface area (Å²) < 4.78 is 4.71. The lowest BCUT2D eigenvalue weighted by molar-refractivity contribution is -0.141. The Kier molecular flexibility index (Phi) is 7.90. The van der Waals surface area contributed by atoms with Gasteiger partial charge >= 0.3 is 5.97 Å².